The van der Waals surface area contributed by atoms with Crippen LogP contribution >= 0.6 is 0 Å². The number of carbonyl (C=O) groups is 2. The van der Waals surface area contributed by atoms with E-state index in [1.165, 1.54) is 11.1 Å². The Morgan fingerprint density at radius 2 is 2.10 bits per heavy atom. The molecule has 1 N–H and O–H groups in total. The molecule has 1 saturated heterocycles. The second-order valence-corrected chi connectivity index (χ2v) is 5.42. The van der Waals surface area contributed by atoms with E-state index >= 15 is 0 Å². The molecule has 0 aliphatic carbocycles. The Kier molecular flexibility index (Phi) is 4.42. The molecule has 0 bridgehead atoms. The Morgan fingerprint density at radius 1 is 1.35 bits per heavy atom. The molecular formula is C16H22N2O2. The van der Waals surface area contributed by atoms with Gasteiger partial charge in [-0.15, -0.1) is 0 Å². The number of amides is 2. The molecule has 20 heavy (non-hydrogen) atoms. The third-order valence-electron chi connectivity index (χ3n) is 3.82. The molecule has 1 fully saturated rings. The molecular weight excluding hydrogens is 252 g/mol. The summed E-state index contributed by atoms with van der Waals surface area (Å²) in [5.74, 6) is -0.0366. The molecule has 1 atom stereocenters. The van der Waals surface area contributed by atoms with Crippen molar-refractivity contribution in [2.75, 3.05) is 11.4 Å². The van der Waals surface area contributed by atoms with Crippen LogP contribution in [0.25, 0.3) is 0 Å². The standard InChI is InChI=1S/C16H22N2O2/c1-4-5-15(19)17-14-8-9-18(16(14)20)13-7-6-11(2)12(3)10-13/h6-7,10,14H,4-5,8-9H2,1-3H3,(H,17,19)/t14-/m1/s1. The van der Waals surface area contributed by atoms with Crippen molar-refractivity contribution in [2.24, 2.45) is 0 Å². The molecule has 0 aromatic heterocycles. The van der Waals surface area contributed by atoms with Gasteiger partial charge in [0.25, 0.3) is 0 Å². The Morgan fingerprint density at radius 3 is 2.75 bits per heavy atom. The third-order valence-corrected chi connectivity index (χ3v) is 3.82. The maximum Gasteiger partial charge on any atom is 0.249 e. The van der Waals surface area contributed by atoms with Crippen LogP contribution in [0.5, 0.6) is 0 Å². The van der Waals surface area contributed by atoms with Gasteiger partial charge in [0.2, 0.25) is 11.8 Å². The Balaban J connectivity index is 2.07. The number of carbonyl (C=O) groups excluding carboxylic acids is 2. The minimum absolute atomic E-state index is 0.00212. The van der Waals surface area contributed by atoms with Crippen molar-refractivity contribution in [1.29, 1.82) is 0 Å². The van der Waals surface area contributed by atoms with Gasteiger partial charge < -0.3 is 10.2 Å². The van der Waals surface area contributed by atoms with Crippen molar-refractivity contribution in [3.8, 4) is 0 Å². The van der Waals surface area contributed by atoms with Crippen LogP contribution in [-0.2, 0) is 9.59 Å². The first-order valence-electron chi connectivity index (χ1n) is 7.21. The summed E-state index contributed by atoms with van der Waals surface area (Å²) in [4.78, 5) is 25.7. The zero-order valence-corrected chi connectivity index (χ0v) is 12.4. The normalized spacial score (nSPS) is 18.4. The molecule has 4 heteroatoms. The van der Waals surface area contributed by atoms with Crippen molar-refractivity contribution < 1.29 is 9.59 Å². The highest BCUT2D eigenvalue weighted by Crippen LogP contribution is 2.24. The van der Waals surface area contributed by atoms with Crippen molar-refractivity contribution in [3.05, 3.63) is 29.3 Å². The first kappa shape index (κ1) is 14.6. The highest BCUT2D eigenvalue weighted by molar-refractivity contribution is 6.01. The maximum atomic E-state index is 12.4. The summed E-state index contributed by atoms with van der Waals surface area (Å²) >= 11 is 0. The van der Waals surface area contributed by atoms with Gasteiger partial charge in [0, 0.05) is 18.7 Å². The van der Waals surface area contributed by atoms with Crippen LogP contribution < -0.4 is 10.2 Å². The number of hydrogen-bond donors (Lipinski definition) is 1. The summed E-state index contributed by atoms with van der Waals surface area (Å²) in [6.45, 7) is 6.72. The number of benzene rings is 1. The number of hydrogen-bond acceptors (Lipinski definition) is 2. The van der Waals surface area contributed by atoms with Gasteiger partial charge in [-0.1, -0.05) is 13.0 Å². The summed E-state index contributed by atoms with van der Waals surface area (Å²) in [5, 5.41) is 2.83. The SMILES string of the molecule is CCCC(=O)N[C@@H]1CCN(c2ccc(C)c(C)c2)C1=O. The number of nitrogens with zero attached hydrogens (tertiary/aromatic N) is 1. The fourth-order valence-electron chi connectivity index (χ4n) is 2.46. The molecule has 0 unspecified atom stereocenters. The largest absolute Gasteiger partial charge is 0.344 e. The van der Waals surface area contributed by atoms with E-state index in [2.05, 4.69) is 12.2 Å². The molecule has 1 aliphatic rings. The van der Waals surface area contributed by atoms with Crippen molar-refractivity contribution in [3.63, 3.8) is 0 Å². The lowest BCUT2D eigenvalue weighted by Crippen LogP contribution is -2.41. The van der Waals surface area contributed by atoms with E-state index in [0.717, 1.165) is 12.1 Å². The fraction of sp³-hybridized carbons (Fsp3) is 0.500. The Bertz CT molecular complexity index is 525. The van der Waals surface area contributed by atoms with Crippen LogP contribution in [0.1, 0.15) is 37.3 Å². The Hall–Kier alpha value is -1.84. The molecule has 1 aromatic carbocycles. The van der Waals surface area contributed by atoms with Crippen molar-refractivity contribution in [2.45, 2.75) is 46.1 Å². The zero-order chi connectivity index (χ0) is 14.7. The van der Waals surface area contributed by atoms with Crippen molar-refractivity contribution in [1.82, 2.24) is 5.32 Å². The lowest BCUT2D eigenvalue weighted by molar-refractivity contribution is -0.126. The number of aryl methyl sites for hydroxylation is 2. The van der Waals surface area contributed by atoms with E-state index in [0.29, 0.717) is 19.4 Å². The van der Waals surface area contributed by atoms with Crippen LogP contribution in [0.2, 0.25) is 0 Å². The number of nitrogens with one attached hydrogen (secondary N) is 1. The van der Waals surface area contributed by atoms with Gasteiger partial charge in [0.05, 0.1) is 0 Å². The molecule has 1 aromatic rings. The van der Waals surface area contributed by atoms with E-state index in [9.17, 15) is 9.59 Å². The lowest BCUT2D eigenvalue weighted by atomic mass is 10.1. The maximum absolute atomic E-state index is 12.4. The molecule has 2 rings (SSSR count). The number of anilines is 1. The summed E-state index contributed by atoms with van der Waals surface area (Å²) in [6, 6.07) is 5.66. The molecule has 108 valence electrons. The lowest BCUT2D eigenvalue weighted by Gasteiger charge is -2.18. The Labute approximate surface area is 120 Å². The fourth-order valence-corrected chi connectivity index (χ4v) is 2.46. The van der Waals surface area contributed by atoms with Gasteiger partial charge in [0.1, 0.15) is 6.04 Å². The molecule has 0 spiro atoms. The monoisotopic (exact) mass is 274 g/mol. The summed E-state index contributed by atoms with van der Waals surface area (Å²) < 4.78 is 0. The molecule has 1 aliphatic heterocycles. The van der Waals surface area contributed by atoms with Gasteiger partial charge in [-0.3, -0.25) is 9.59 Å². The van der Waals surface area contributed by atoms with Gasteiger partial charge in [-0.25, -0.2) is 0 Å². The minimum Gasteiger partial charge on any atom is -0.344 e. The molecule has 0 saturated carbocycles. The van der Waals surface area contributed by atoms with Gasteiger partial charge in [-0.05, 0) is 49.9 Å². The predicted molar refractivity (Wildman–Crippen MR) is 79.7 cm³/mol. The predicted octanol–water partition coefficient (Wildman–Crippen LogP) is 2.33. The van der Waals surface area contributed by atoms with Gasteiger partial charge >= 0.3 is 0 Å². The van der Waals surface area contributed by atoms with Crippen molar-refractivity contribution >= 4 is 17.5 Å². The average molecular weight is 274 g/mol. The van der Waals surface area contributed by atoms with E-state index in [-0.39, 0.29) is 17.9 Å². The number of rotatable bonds is 4. The second-order valence-electron chi connectivity index (χ2n) is 5.42. The van der Waals surface area contributed by atoms with Crippen LogP contribution in [0, 0.1) is 13.8 Å². The summed E-state index contributed by atoms with van der Waals surface area (Å²) in [5.41, 5.74) is 3.31. The zero-order valence-electron chi connectivity index (χ0n) is 12.4. The highest BCUT2D eigenvalue weighted by atomic mass is 16.2. The first-order chi connectivity index (χ1) is 9.52. The molecule has 1 heterocycles. The molecule has 0 radical (unpaired) electrons. The minimum atomic E-state index is -0.365. The van der Waals surface area contributed by atoms with E-state index in [4.69, 9.17) is 0 Å². The molecule has 4 nitrogen and oxygen atoms in total. The average Bonchev–Trinajstić information content (AvgIpc) is 2.75. The topological polar surface area (TPSA) is 49.4 Å². The summed E-state index contributed by atoms with van der Waals surface area (Å²) in [7, 11) is 0. The van der Waals surface area contributed by atoms with Crippen LogP contribution in [0.4, 0.5) is 5.69 Å². The first-order valence-corrected chi connectivity index (χ1v) is 7.21. The van der Waals surface area contributed by atoms with E-state index < -0.39 is 0 Å². The van der Waals surface area contributed by atoms with Gasteiger partial charge in [0.15, 0.2) is 0 Å². The smallest absolute Gasteiger partial charge is 0.249 e. The second kappa shape index (κ2) is 6.07. The van der Waals surface area contributed by atoms with Crippen LogP contribution in [0.3, 0.4) is 0 Å². The summed E-state index contributed by atoms with van der Waals surface area (Å²) in [6.07, 6.45) is 1.96. The molecule has 2 amide bonds. The van der Waals surface area contributed by atoms with Crippen LogP contribution in [0.15, 0.2) is 18.2 Å². The van der Waals surface area contributed by atoms with Gasteiger partial charge in [-0.2, -0.15) is 0 Å². The van der Waals surface area contributed by atoms with Crippen LogP contribution in [-0.4, -0.2) is 24.4 Å². The highest BCUT2D eigenvalue weighted by Gasteiger charge is 2.33. The quantitative estimate of drug-likeness (QED) is 0.916. The van der Waals surface area contributed by atoms with E-state index in [1.54, 1.807) is 4.90 Å². The van der Waals surface area contributed by atoms with E-state index in [1.807, 2.05) is 32.0 Å². The third kappa shape index (κ3) is 3.00.